The van der Waals surface area contributed by atoms with Crippen molar-refractivity contribution < 1.29 is 9.90 Å². The Labute approximate surface area is 116 Å². The smallest absolute Gasteiger partial charge is 0.328 e. The van der Waals surface area contributed by atoms with Crippen LogP contribution in [0.2, 0.25) is 0 Å². The number of aliphatic carboxylic acids is 1. The Morgan fingerprint density at radius 3 is 2.70 bits per heavy atom. The Balaban J connectivity index is 2.00. The molecule has 20 heavy (non-hydrogen) atoms. The van der Waals surface area contributed by atoms with Crippen molar-refractivity contribution >= 4 is 12.7 Å². The normalized spacial score (nSPS) is 19.2. The van der Waals surface area contributed by atoms with Crippen LogP contribution in [0.3, 0.4) is 0 Å². The quantitative estimate of drug-likeness (QED) is 0.806. The maximum atomic E-state index is 10.9. The van der Waals surface area contributed by atoms with E-state index in [-0.39, 0.29) is 5.92 Å². The second-order valence-electron chi connectivity index (χ2n) is 4.53. The summed E-state index contributed by atoms with van der Waals surface area (Å²) >= 11 is 0. The lowest BCUT2D eigenvalue weighted by atomic mass is 9.93. The minimum Gasteiger partial charge on any atom is -0.480 e. The van der Waals surface area contributed by atoms with Crippen molar-refractivity contribution in [3.63, 3.8) is 0 Å². The highest BCUT2D eigenvalue weighted by Gasteiger charge is 2.19. The molecular formula is C13H15N5O2. The highest BCUT2D eigenvalue weighted by molar-refractivity contribution is 5.75. The Kier molecular flexibility index (Phi) is 4.29. The largest absolute Gasteiger partial charge is 0.480 e. The molecule has 104 valence electrons. The van der Waals surface area contributed by atoms with Crippen molar-refractivity contribution in [2.24, 2.45) is 4.99 Å². The number of hydrogen-bond donors (Lipinski definition) is 1. The predicted molar refractivity (Wildman–Crippen MR) is 72.5 cm³/mol. The fourth-order valence-electron chi connectivity index (χ4n) is 1.90. The Morgan fingerprint density at radius 1 is 1.50 bits per heavy atom. The van der Waals surface area contributed by atoms with Crippen molar-refractivity contribution in [3.05, 3.63) is 35.4 Å². The van der Waals surface area contributed by atoms with Gasteiger partial charge in [0.1, 0.15) is 0 Å². The van der Waals surface area contributed by atoms with Crippen LogP contribution in [0.25, 0.3) is 0 Å². The molecule has 1 unspecified atom stereocenters. The number of carboxylic acids is 1. The minimum absolute atomic E-state index is 0.0271. The number of aliphatic imine (C=N–C) groups is 1. The first-order valence-electron chi connectivity index (χ1n) is 6.20. The van der Waals surface area contributed by atoms with Gasteiger partial charge in [-0.2, -0.15) is 0 Å². The van der Waals surface area contributed by atoms with Crippen LogP contribution in [0.15, 0.2) is 28.8 Å². The fourth-order valence-corrected chi connectivity index (χ4v) is 1.90. The number of nitrogens with zero attached hydrogens (tertiary/aromatic N) is 5. The number of hydrogen-bond acceptors (Lipinski definition) is 6. The zero-order valence-electron chi connectivity index (χ0n) is 11.1. The number of allylic oxidation sites excluding steroid dienone is 3. The van der Waals surface area contributed by atoms with Crippen LogP contribution in [0, 0.1) is 6.92 Å². The molecule has 0 spiro atoms. The molecule has 2 rings (SSSR count). The van der Waals surface area contributed by atoms with Gasteiger partial charge in [0.15, 0.2) is 17.7 Å². The first-order chi connectivity index (χ1) is 9.60. The van der Waals surface area contributed by atoms with Gasteiger partial charge in [-0.3, -0.25) is 4.99 Å². The second kappa shape index (κ2) is 6.14. The summed E-state index contributed by atoms with van der Waals surface area (Å²) in [5.74, 6) is 0.163. The van der Waals surface area contributed by atoms with Crippen molar-refractivity contribution in [1.29, 1.82) is 0 Å². The number of aromatic nitrogens is 4. The van der Waals surface area contributed by atoms with Crippen LogP contribution in [0.1, 0.15) is 30.4 Å². The van der Waals surface area contributed by atoms with Crippen molar-refractivity contribution in [3.8, 4) is 0 Å². The first-order valence-corrected chi connectivity index (χ1v) is 6.20. The van der Waals surface area contributed by atoms with Gasteiger partial charge in [0.25, 0.3) is 0 Å². The van der Waals surface area contributed by atoms with E-state index >= 15 is 0 Å². The van der Waals surface area contributed by atoms with Crippen LogP contribution >= 0.6 is 0 Å². The van der Waals surface area contributed by atoms with E-state index in [4.69, 9.17) is 5.11 Å². The molecule has 1 N–H and O–H groups in total. The lowest BCUT2D eigenvalue weighted by Crippen LogP contribution is -2.18. The molecule has 1 aromatic rings. The second-order valence-corrected chi connectivity index (χ2v) is 4.53. The molecule has 7 heteroatoms. The lowest BCUT2D eigenvalue weighted by Gasteiger charge is -2.15. The monoisotopic (exact) mass is 273 g/mol. The maximum absolute atomic E-state index is 10.9. The number of aryl methyl sites for hydroxylation is 1. The van der Waals surface area contributed by atoms with Gasteiger partial charge in [-0.15, -0.1) is 20.4 Å². The average molecular weight is 273 g/mol. The Bertz CT molecular complexity index is 565. The predicted octanol–water partition coefficient (Wildman–Crippen LogP) is 1.09. The molecule has 0 fully saturated rings. The molecule has 7 nitrogen and oxygen atoms in total. The van der Waals surface area contributed by atoms with E-state index < -0.39 is 12.0 Å². The molecule has 1 aromatic heterocycles. The van der Waals surface area contributed by atoms with Crippen LogP contribution in [-0.4, -0.2) is 44.2 Å². The van der Waals surface area contributed by atoms with E-state index in [2.05, 4.69) is 32.1 Å². The molecule has 1 aliphatic carbocycles. The van der Waals surface area contributed by atoms with Crippen molar-refractivity contribution in [2.45, 2.75) is 31.7 Å². The molecule has 0 saturated heterocycles. The summed E-state index contributed by atoms with van der Waals surface area (Å²) in [6, 6.07) is -0.804. The molecular weight excluding hydrogens is 258 g/mol. The minimum atomic E-state index is -0.966. The Morgan fingerprint density at radius 2 is 2.20 bits per heavy atom. The van der Waals surface area contributed by atoms with Gasteiger partial charge >= 0.3 is 5.97 Å². The fraction of sp³-hybridized carbons (Fsp3) is 0.385. The average Bonchev–Trinajstić information content (AvgIpc) is 2.46. The highest BCUT2D eigenvalue weighted by atomic mass is 16.4. The van der Waals surface area contributed by atoms with Gasteiger partial charge in [0.05, 0.1) is 0 Å². The SMILES string of the molecule is C=N[C@@H](CC1=CCC(c2nnc(C)nn2)C=C1)C(=O)O. The third-order valence-corrected chi connectivity index (χ3v) is 3.04. The zero-order chi connectivity index (χ0) is 14.5. The lowest BCUT2D eigenvalue weighted by molar-refractivity contribution is -0.138. The van der Waals surface area contributed by atoms with Crippen molar-refractivity contribution in [2.75, 3.05) is 0 Å². The summed E-state index contributed by atoms with van der Waals surface area (Å²) in [4.78, 5) is 14.5. The molecule has 0 aliphatic heterocycles. The molecule has 1 heterocycles. The van der Waals surface area contributed by atoms with Gasteiger partial charge in [-0.1, -0.05) is 18.2 Å². The number of rotatable bonds is 5. The summed E-state index contributed by atoms with van der Waals surface area (Å²) in [6.45, 7) is 5.03. The van der Waals surface area contributed by atoms with E-state index in [1.165, 1.54) is 0 Å². The molecule has 0 amide bonds. The maximum Gasteiger partial charge on any atom is 0.328 e. The van der Waals surface area contributed by atoms with E-state index in [0.29, 0.717) is 24.5 Å². The molecule has 0 saturated carbocycles. The summed E-state index contributed by atoms with van der Waals surface area (Å²) in [5, 5.41) is 24.7. The highest BCUT2D eigenvalue weighted by Crippen LogP contribution is 2.25. The summed E-state index contributed by atoms with van der Waals surface area (Å²) in [7, 11) is 0. The van der Waals surface area contributed by atoms with Crippen LogP contribution < -0.4 is 0 Å². The van der Waals surface area contributed by atoms with Gasteiger partial charge in [-0.25, -0.2) is 4.79 Å². The Hall–Kier alpha value is -2.44. The first kappa shape index (κ1) is 14.0. The van der Waals surface area contributed by atoms with E-state index in [0.717, 1.165) is 5.57 Å². The van der Waals surface area contributed by atoms with Gasteiger partial charge in [0.2, 0.25) is 0 Å². The van der Waals surface area contributed by atoms with Crippen LogP contribution in [-0.2, 0) is 4.79 Å². The third kappa shape index (κ3) is 3.31. The molecule has 0 aromatic carbocycles. The summed E-state index contributed by atoms with van der Waals surface area (Å²) < 4.78 is 0. The standard InChI is InChI=1S/C13H15N5O2/c1-8-15-17-12(18-16-8)10-5-3-9(4-6-10)7-11(14-2)13(19)20/h3-5,10-11H,2,6-7H2,1H3,(H,19,20)/t10?,11-/m0/s1. The van der Waals surface area contributed by atoms with Crippen LogP contribution in [0.4, 0.5) is 0 Å². The molecule has 0 radical (unpaired) electrons. The van der Waals surface area contributed by atoms with E-state index in [1.54, 1.807) is 6.92 Å². The molecule has 2 atom stereocenters. The zero-order valence-corrected chi connectivity index (χ0v) is 11.1. The third-order valence-electron chi connectivity index (χ3n) is 3.04. The van der Waals surface area contributed by atoms with E-state index in [1.807, 2.05) is 18.2 Å². The van der Waals surface area contributed by atoms with Crippen LogP contribution in [0.5, 0.6) is 0 Å². The van der Waals surface area contributed by atoms with Gasteiger partial charge in [-0.05, 0) is 25.6 Å². The van der Waals surface area contributed by atoms with Crippen molar-refractivity contribution in [1.82, 2.24) is 20.4 Å². The summed E-state index contributed by atoms with van der Waals surface area (Å²) in [6.07, 6.45) is 6.81. The number of carboxylic acid groups (broad SMARTS) is 1. The summed E-state index contributed by atoms with van der Waals surface area (Å²) in [5.41, 5.74) is 0.925. The molecule has 1 aliphatic rings. The number of carbonyl (C=O) groups is 1. The van der Waals surface area contributed by atoms with Gasteiger partial charge < -0.3 is 5.11 Å². The van der Waals surface area contributed by atoms with Gasteiger partial charge in [0, 0.05) is 12.3 Å². The topological polar surface area (TPSA) is 101 Å². The van der Waals surface area contributed by atoms with E-state index in [9.17, 15) is 4.79 Å². The molecule has 0 bridgehead atoms.